The van der Waals surface area contributed by atoms with Gasteiger partial charge in [0, 0.05) is 25.1 Å². The highest BCUT2D eigenvalue weighted by Gasteiger charge is 2.21. The van der Waals surface area contributed by atoms with Crippen LogP contribution in [0.3, 0.4) is 0 Å². The molecular formula is C15H24N4. The van der Waals surface area contributed by atoms with Crippen LogP contribution in [0.5, 0.6) is 0 Å². The summed E-state index contributed by atoms with van der Waals surface area (Å²) in [6, 6.07) is 1.98. The van der Waals surface area contributed by atoms with Crippen LogP contribution in [0.1, 0.15) is 63.0 Å². The van der Waals surface area contributed by atoms with E-state index in [2.05, 4.69) is 9.88 Å². The Labute approximate surface area is 115 Å². The molecule has 0 aromatic carbocycles. The maximum absolute atomic E-state index is 5.99. The zero-order valence-corrected chi connectivity index (χ0v) is 11.6. The number of anilines is 2. The summed E-state index contributed by atoms with van der Waals surface area (Å²) >= 11 is 0. The van der Waals surface area contributed by atoms with Crippen LogP contribution >= 0.6 is 0 Å². The molecule has 3 rings (SSSR count). The lowest BCUT2D eigenvalue weighted by atomic mass is 10.0. The van der Waals surface area contributed by atoms with E-state index in [4.69, 9.17) is 10.7 Å². The van der Waals surface area contributed by atoms with Crippen LogP contribution in [0.2, 0.25) is 0 Å². The molecule has 1 saturated heterocycles. The van der Waals surface area contributed by atoms with Crippen LogP contribution in [0.25, 0.3) is 0 Å². The molecule has 0 amide bonds. The molecular weight excluding hydrogens is 236 g/mol. The third kappa shape index (κ3) is 2.99. The van der Waals surface area contributed by atoms with Gasteiger partial charge in [0.2, 0.25) is 5.95 Å². The van der Waals surface area contributed by atoms with Gasteiger partial charge >= 0.3 is 0 Å². The molecule has 1 saturated carbocycles. The van der Waals surface area contributed by atoms with Gasteiger partial charge in [-0.05, 0) is 25.7 Å². The number of nitrogens with two attached hydrogens (primary N) is 1. The van der Waals surface area contributed by atoms with Crippen molar-refractivity contribution in [2.45, 2.75) is 57.3 Å². The van der Waals surface area contributed by atoms with Crippen LogP contribution in [0.15, 0.2) is 6.07 Å². The number of nitrogen functional groups attached to an aromatic ring is 1. The van der Waals surface area contributed by atoms with Gasteiger partial charge in [0.15, 0.2) is 0 Å². The Morgan fingerprint density at radius 1 is 0.947 bits per heavy atom. The fourth-order valence-corrected chi connectivity index (χ4v) is 3.31. The smallest absolute Gasteiger partial charge is 0.227 e. The van der Waals surface area contributed by atoms with Crippen LogP contribution in [0.4, 0.5) is 11.8 Å². The van der Waals surface area contributed by atoms with E-state index in [1.54, 1.807) is 0 Å². The van der Waals surface area contributed by atoms with Crippen molar-refractivity contribution in [1.29, 1.82) is 0 Å². The highest BCUT2D eigenvalue weighted by molar-refractivity contribution is 5.41. The number of nitrogens with zero attached hydrogens (tertiary/aromatic N) is 3. The zero-order chi connectivity index (χ0) is 13.1. The Balaban J connectivity index is 1.83. The van der Waals surface area contributed by atoms with E-state index in [-0.39, 0.29) is 0 Å². The van der Waals surface area contributed by atoms with Crippen molar-refractivity contribution in [3.05, 3.63) is 11.8 Å². The van der Waals surface area contributed by atoms with Crippen molar-refractivity contribution in [2.75, 3.05) is 23.7 Å². The summed E-state index contributed by atoms with van der Waals surface area (Å²) in [5, 5.41) is 0. The number of rotatable bonds is 2. The van der Waals surface area contributed by atoms with E-state index >= 15 is 0 Å². The van der Waals surface area contributed by atoms with Crippen LogP contribution in [-0.2, 0) is 0 Å². The van der Waals surface area contributed by atoms with Gasteiger partial charge in [0.05, 0.1) is 5.69 Å². The first-order chi connectivity index (χ1) is 9.33. The average molecular weight is 260 g/mol. The van der Waals surface area contributed by atoms with Crippen LogP contribution in [-0.4, -0.2) is 23.1 Å². The van der Waals surface area contributed by atoms with Gasteiger partial charge in [0.25, 0.3) is 0 Å². The maximum atomic E-state index is 5.99. The van der Waals surface area contributed by atoms with Crippen molar-refractivity contribution >= 4 is 11.8 Å². The SMILES string of the molecule is Nc1cc(C2CCCC2)nc(N2CCCCCC2)n1. The Morgan fingerprint density at radius 2 is 1.63 bits per heavy atom. The average Bonchev–Trinajstić information content (AvgIpc) is 2.81. The summed E-state index contributed by atoms with van der Waals surface area (Å²) in [5.41, 5.74) is 7.17. The number of hydrogen-bond acceptors (Lipinski definition) is 4. The molecule has 0 radical (unpaired) electrons. The molecule has 104 valence electrons. The van der Waals surface area contributed by atoms with E-state index in [1.807, 2.05) is 6.07 Å². The third-order valence-corrected chi connectivity index (χ3v) is 4.42. The minimum atomic E-state index is 0.607. The molecule has 2 heterocycles. The monoisotopic (exact) mass is 260 g/mol. The quantitative estimate of drug-likeness (QED) is 0.887. The lowest BCUT2D eigenvalue weighted by Crippen LogP contribution is -2.26. The molecule has 0 unspecified atom stereocenters. The molecule has 1 aromatic rings. The lowest BCUT2D eigenvalue weighted by Gasteiger charge is -2.22. The number of aromatic nitrogens is 2. The zero-order valence-electron chi connectivity index (χ0n) is 11.6. The van der Waals surface area contributed by atoms with Gasteiger partial charge in [-0.15, -0.1) is 0 Å². The summed E-state index contributed by atoms with van der Waals surface area (Å²) in [7, 11) is 0. The summed E-state index contributed by atoms with van der Waals surface area (Å²) in [4.78, 5) is 11.6. The van der Waals surface area contributed by atoms with Crippen molar-refractivity contribution in [3.63, 3.8) is 0 Å². The fraction of sp³-hybridized carbons (Fsp3) is 0.733. The van der Waals surface area contributed by atoms with Crippen molar-refractivity contribution in [3.8, 4) is 0 Å². The van der Waals surface area contributed by atoms with E-state index in [0.717, 1.165) is 19.0 Å². The predicted octanol–water partition coefficient (Wildman–Crippen LogP) is 3.10. The largest absolute Gasteiger partial charge is 0.384 e. The molecule has 0 spiro atoms. The summed E-state index contributed by atoms with van der Waals surface area (Å²) in [6.07, 6.45) is 10.3. The summed E-state index contributed by atoms with van der Waals surface area (Å²) in [6.45, 7) is 2.15. The molecule has 19 heavy (non-hydrogen) atoms. The first kappa shape index (κ1) is 12.7. The van der Waals surface area contributed by atoms with E-state index in [9.17, 15) is 0 Å². The molecule has 1 aliphatic carbocycles. The van der Waals surface area contributed by atoms with E-state index < -0.39 is 0 Å². The minimum absolute atomic E-state index is 0.607. The van der Waals surface area contributed by atoms with Gasteiger partial charge in [0.1, 0.15) is 5.82 Å². The van der Waals surface area contributed by atoms with Crippen molar-refractivity contribution in [1.82, 2.24) is 9.97 Å². The molecule has 4 heteroatoms. The minimum Gasteiger partial charge on any atom is -0.384 e. The van der Waals surface area contributed by atoms with E-state index in [1.165, 1.54) is 57.1 Å². The first-order valence-corrected chi connectivity index (χ1v) is 7.72. The van der Waals surface area contributed by atoms with Crippen molar-refractivity contribution < 1.29 is 0 Å². The van der Waals surface area contributed by atoms with Gasteiger partial charge in [-0.3, -0.25) is 0 Å². The third-order valence-electron chi connectivity index (χ3n) is 4.42. The summed E-state index contributed by atoms with van der Waals surface area (Å²) < 4.78 is 0. The maximum Gasteiger partial charge on any atom is 0.227 e. The Bertz CT molecular complexity index is 418. The molecule has 0 bridgehead atoms. The van der Waals surface area contributed by atoms with Crippen molar-refractivity contribution in [2.24, 2.45) is 0 Å². The van der Waals surface area contributed by atoms with Gasteiger partial charge in [-0.1, -0.05) is 25.7 Å². The Morgan fingerprint density at radius 3 is 2.32 bits per heavy atom. The first-order valence-electron chi connectivity index (χ1n) is 7.72. The second-order valence-electron chi connectivity index (χ2n) is 5.90. The molecule has 2 fully saturated rings. The predicted molar refractivity (Wildman–Crippen MR) is 78.3 cm³/mol. The number of hydrogen-bond donors (Lipinski definition) is 1. The van der Waals surface area contributed by atoms with Gasteiger partial charge in [-0.2, -0.15) is 4.98 Å². The molecule has 0 atom stereocenters. The van der Waals surface area contributed by atoms with E-state index in [0.29, 0.717) is 11.7 Å². The Kier molecular flexibility index (Phi) is 3.85. The van der Waals surface area contributed by atoms with Crippen LogP contribution in [0, 0.1) is 0 Å². The molecule has 2 N–H and O–H groups in total. The normalized spacial score (nSPS) is 21.6. The second kappa shape index (κ2) is 5.76. The fourth-order valence-electron chi connectivity index (χ4n) is 3.31. The highest BCUT2D eigenvalue weighted by Crippen LogP contribution is 2.34. The van der Waals surface area contributed by atoms with Gasteiger partial charge < -0.3 is 10.6 Å². The lowest BCUT2D eigenvalue weighted by molar-refractivity contribution is 0.684. The molecule has 2 aliphatic rings. The second-order valence-corrected chi connectivity index (χ2v) is 5.90. The molecule has 1 aromatic heterocycles. The summed E-state index contributed by atoms with van der Waals surface area (Å²) in [5.74, 6) is 2.11. The standard InChI is InChI=1S/C15H24N4/c16-14-11-13(12-7-3-4-8-12)17-15(18-14)19-9-5-1-2-6-10-19/h11-12H,1-10H2,(H2,16,17,18). The molecule has 1 aliphatic heterocycles. The Hall–Kier alpha value is -1.32. The molecule has 4 nitrogen and oxygen atoms in total. The van der Waals surface area contributed by atoms with Gasteiger partial charge in [-0.25, -0.2) is 4.98 Å². The van der Waals surface area contributed by atoms with Crippen LogP contribution < -0.4 is 10.6 Å². The highest BCUT2D eigenvalue weighted by atomic mass is 15.3. The topological polar surface area (TPSA) is 55.0 Å².